The molecule has 1 N–H and O–H groups in total. The molecule has 3 rings (SSSR count). The second-order valence-electron chi connectivity index (χ2n) is 8.01. The summed E-state index contributed by atoms with van der Waals surface area (Å²) >= 11 is 0. The first-order chi connectivity index (χ1) is 13.4. The van der Waals surface area contributed by atoms with Gasteiger partial charge in [0.25, 0.3) is 0 Å². The van der Waals surface area contributed by atoms with Crippen molar-refractivity contribution >= 4 is 0 Å². The minimum absolute atomic E-state index is 0.258. The molecule has 5 nitrogen and oxygen atoms in total. The van der Waals surface area contributed by atoms with E-state index in [2.05, 4.69) is 40.5 Å². The predicted molar refractivity (Wildman–Crippen MR) is 113 cm³/mol. The van der Waals surface area contributed by atoms with Gasteiger partial charge in [-0.15, -0.1) is 0 Å². The predicted octanol–water partition coefficient (Wildman–Crippen LogP) is 5.07. The molecule has 1 aromatic carbocycles. The van der Waals surface area contributed by atoms with Crippen LogP contribution in [-0.2, 0) is 6.42 Å². The van der Waals surface area contributed by atoms with E-state index in [1.807, 2.05) is 50.8 Å². The van der Waals surface area contributed by atoms with Crippen molar-refractivity contribution in [3.8, 4) is 22.5 Å². The fraction of sp³-hybridized carbons (Fsp3) is 0.435. The van der Waals surface area contributed by atoms with Gasteiger partial charge in [0.05, 0.1) is 23.3 Å². The summed E-state index contributed by atoms with van der Waals surface area (Å²) in [5.41, 5.74) is 3.42. The molecule has 2 heterocycles. The molecule has 0 aliphatic carbocycles. The number of hydrogen-bond donors (Lipinski definition) is 1. The summed E-state index contributed by atoms with van der Waals surface area (Å²) in [7, 11) is 0. The molecule has 148 valence electrons. The molecule has 0 radical (unpaired) electrons. The smallest absolute Gasteiger partial charge is 0.127 e. The largest absolute Gasteiger partial charge is 0.390 e. The molecule has 0 fully saturated rings. The van der Waals surface area contributed by atoms with Gasteiger partial charge < -0.3 is 9.67 Å². The normalized spacial score (nSPS) is 12.9. The maximum Gasteiger partial charge on any atom is 0.127 e. The summed E-state index contributed by atoms with van der Waals surface area (Å²) in [5.74, 6) is 0.842. The van der Waals surface area contributed by atoms with Crippen LogP contribution >= 0.6 is 0 Å². The number of imidazole rings is 1. The number of aromatic nitrogens is 4. The molecule has 0 aliphatic rings. The first-order valence-electron chi connectivity index (χ1n) is 10.0. The molecule has 5 heteroatoms. The van der Waals surface area contributed by atoms with Gasteiger partial charge in [-0.1, -0.05) is 37.3 Å². The Morgan fingerprint density at radius 1 is 1.04 bits per heavy atom. The number of benzene rings is 1. The average Bonchev–Trinajstić information content (AvgIpc) is 3.13. The topological polar surface area (TPSA) is 63.8 Å². The van der Waals surface area contributed by atoms with Crippen LogP contribution in [0, 0.1) is 0 Å². The molecule has 1 unspecified atom stereocenters. The third kappa shape index (κ3) is 4.84. The maximum atomic E-state index is 10.0. The van der Waals surface area contributed by atoms with E-state index >= 15 is 0 Å². The Hall–Kier alpha value is -2.53. The third-order valence-corrected chi connectivity index (χ3v) is 5.02. The zero-order valence-electron chi connectivity index (χ0n) is 17.3. The minimum Gasteiger partial charge on any atom is -0.390 e. The summed E-state index contributed by atoms with van der Waals surface area (Å²) in [4.78, 5) is 13.7. The van der Waals surface area contributed by atoms with E-state index in [9.17, 15) is 5.11 Å². The summed E-state index contributed by atoms with van der Waals surface area (Å²) in [5, 5.41) is 10.0. The molecule has 0 spiro atoms. The van der Waals surface area contributed by atoms with E-state index in [-0.39, 0.29) is 6.04 Å². The van der Waals surface area contributed by atoms with E-state index in [1.54, 1.807) is 0 Å². The molecule has 0 saturated heterocycles. The zero-order chi connectivity index (χ0) is 20.1. The van der Waals surface area contributed by atoms with Crippen LogP contribution in [0.1, 0.15) is 58.8 Å². The van der Waals surface area contributed by atoms with Crippen LogP contribution < -0.4 is 0 Å². The molecule has 28 heavy (non-hydrogen) atoms. The van der Waals surface area contributed by atoms with Crippen molar-refractivity contribution in [1.29, 1.82) is 0 Å². The first kappa shape index (κ1) is 20.2. The maximum absolute atomic E-state index is 10.0. The van der Waals surface area contributed by atoms with Crippen LogP contribution in [0.2, 0.25) is 0 Å². The summed E-state index contributed by atoms with van der Waals surface area (Å²) in [6.45, 7) is 7.98. The van der Waals surface area contributed by atoms with Crippen LogP contribution in [0.15, 0.2) is 49.1 Å². The van der Waals surface area contributed by atoms with Gasteiger partial charge in [-0.2, -0.15) is 0 Å². The van der Waals surface area contributed by atoms with Crippen molar-refractivity contribution in [1.82, 2.24) is 19.5 Å². The lowest BCUT2D eigenvalue weighted by Crippen LogP contribution is -2.18. The fourth-order valence-corrected chi connectivity index (χ4v) is 3.42. The van der Waals surface area contributed by atoms with E-state index < -0.39 is 5.60 Å². The highest BCUT2D eigenvalue weighted by molar-refractivity contribution is 5.78. The summed E-state index contributed by atoms with van der Waals surface area (Å²) in [6, 6.07) is 10.5. The Labute approximate surface area is 167 Å². The Bertz CT molecular complexity index is 879. The monoisotopic (exact) mass is 378 g/mol. The van der Waals surface area contributed by atoms with Crippen LogP contribution in [0.5, 0.6) is 0 Å². The third-order valence-electron chi connectivity index (χ3n) is 5.02. The van der Waals surface area contributed by atoms with Crippen molar-refractivity contribution in [3.05, 3.63) is 54.9 Å². The molecule has 0 aliphatic heterocycles. The number of nitrogens with zero attached hydrogens (tertiary/aromatic N) is 4. The highest BCUT2D eigenvalue weighted by Crippen LogP contribution is 2.34. The standard InChI is InChI=1S/C23H30N4O/c1-5-20-24-14-19(15-25-20)22-21(18-11-7-6-8-12-18)26-16-27(22)17(2)10-9-13-23(3,4)28/h6-8,11-12,14-17,28H,5,9-10,13H2,1-4H3. The molecular weight excluding hydrogens is 348 g/mol. The van der Waals surface area contributed by atoms with Crippen molar-refractivity contribution in [2.24, 2.45) is 0 Å². The van der Waals surface area contributed by atoms with Gasteiger partial charge in [-0.3, -0.25) is 0 Å². The van der Waals surface area contributed by atoms with Crippen LogP contribution in [0.25, 0.3) is 22.5 Å². The fourth-order valence-electron chi connectivity index (χ4n) is 3.42. The van der Waals surface area contributed by atoms with Gasteiger partial charge in [0.2, 0.25) is 0 Å². The number of hydrogen-bond acceptors (Lipinski definition) is 4. The lowest BCUT2D eigenvalue weighted by Gasteiger charge is -2.21. The zero-order valence-corrected chi connectivity index (χ0v) is 17.3. The van der Waals surface area contributed by atoms with E-state index in [4.69, 9.17) is 4.98 Å². The second-order valence-corrected chi connectivity index (χ2v) is 8.01. The van der Waals surface area contributed by atoms with E-state index in [0.717, 1.165) is 54.0 Å². The van der Waals surface area contributed by atoms with Gasteiger partial charge in [0, 0.05) is 36.0 Å². The number of aliphatic hydroxyl groups is 1. The van der Waals surface area contributed by atoms with Gasteiger partial charge in [-0.25, -0.2) is 15.0 Å². The van der Waals surface area contributed by atoms with Crippen molar-refractivity contribution in [3.63, 3.8) is 0 Å². The highest BCUT2D eigenvalue weighted by Gasteiger charge is 2.20. The molecule has 1 atom stereocenters. The Morgan fingerprint density at radius 3 is 2.32 bits per heavy atom. The minimum atomic E-state index is -0.628. The Kier molecular flexibility index (Phi) is 6.25. The van der Waals surface area contributed by atoms with Crippen LogP contribution in [0.3, 0.4) is 0 Å². The molecule has 3 aromatic rings. The van der Waals surface area contributed by atoms with E-state index in [1.165, 1.54) is 0 Å². The molecule has 2 aromatic heterocycles. The molecule has 0 saturated carbocycles. The number of aryl methyl sites for hydroxylation is 1. The number of rotatable bonds is 8. The second kappa shape index (κ2) is 8.65. The van der Waals surface area contributed by atoms with Gasteiger partial charge in [-0.05, 0) is 40.0 Å². The summed E-state index contributed by atoms with van der Waals surface area (Å²) < 4.78 is 2.22. The van der Waals surface area contributed by atoms with E-state index in [0.29, 0.717) is 0 Å². The highest BCUT2D eigenvalue weighted by atomic mass is 16.3. The lowest BCUT2D eigenvalue weighted by molar-refractivity contribution is 0.0672. The quantitative estimate of drug-likeness (QED) is 0.594. The van der Waals surface area contributed by atoms with Gasteiger partial charge in [0.15, 0.2) is 0 Å². The van der Waals surface area contributed by atoms with Gasteiger partial charge in [0.1, 0.15) is 5.82 Å². The van der Waals surface area contributed by atoms with Crippen molar-refractivity contribution in [2.75, 3.05) is 0 Å². The molecule has 0 bridgehead atoms. The van der Waals surface area contributed by atoms with Crippen molar-refractivity contribution < 1.29 is 5.11 Å². The Balaban J connectivity index is 1.96. The average molecular weight is 379 g/mol. The van der Waals surface area contributed by atoms with Crippen molar-refractivity contribution in [2.45, 2.75) is 65.0 Å². The summed E-state index contributed by atoms with van der Waals surface area (Å²) in [6.07, 6.45) is 9.23. The first-order valence-corrected chi connectivity index (χ1v) is 10.0. The van der Waals surface area contributed by atoms with Crippen LogP contribution in [0.4, 0.5) is 0 Å². The molecule has 0 amide bonds. The van der Waals surface area contributed by atoms with Crippen LogP contribution in [-0.4, -0.2) is 30.2 Å². The SMILES string of the molecule is CCc1ncc(-c2c(-c3ccccc3)ncn2C(C)CCCC(C)(C)O)cn1. The molecular formula is C23H30N4O. The van der Waals surface area contributed by atoms with Gasteiger partial charge >= 0.3 is 0 Å². The lowest BCUT2D eigenvalue weighted by atomic mass is 9.99. The Morgan fingerprint density at radius 2 is 1.71 bits per heavy atom.